The number of pyridine rings is 1. The molecule has 0 aliphatic heterocycles. The fraction of sp³-hybridized carbons (Fsp3) is 0.120. The quantitative estimate of drug-likeness (QED) is 0.389. The molecule has 0 atom stereocenters. The van der Waals surface area contributed by atoms with Crippen LogP contribution in [-0.2, 0) is 0 Å². The van der Waals surface area contributed by atoms with E-state index in [-0.39, 0.29) is 0 Å². The summed E-state index contributed by atoms with van der Waals surface area (Å²) in [6, 6.07) is 22.7. The van der Waals surface area contributed by atoms with Crippen molar-refractivity contribution < 1.29 is 0 Å². The number of fused-ring (bicyclic) bond motifs is 2. The van der Waals surface area contributed by atoms with Crippen LogP contribution in [0.1, 0.15) is 16.7 Å². The van der Waals surface area contributed by atoms with Crippen molar-refractivity contribution in [3.8, 4) is 22.6 Å². The highest BCUT2D eigenvalue weighted by molar-refractivity contribution is 5.87. The van der Waals surface area contributed by atoms with Crippen LogP contribution in [0.3, 0.4) is 0 Å². The Morgan fingerprint density at radius 1 is 0.621 bits per heavy atom. The normalized spacial score (nSPS) is 11.3. The molecule has 140 valence electrons. The van der Waals surface area contributed by atoms with Crippen LogP contribution >= 0.6 is 0 Å². The number of rotatable bonds is 2. The molecule has 2 aromatic heterocycles. The molecular formula is C25H20N4. The Kier molecular flexibility index (Phi) is 4.06. The van der Waals surface area contributed by atoms with Crippen LogP contribution in [0.4, 0.5) is 0 Å². The smallest absolute Gasteiger partial charge is 0.201 e. The highest BCUT2D eigenvalue weighted by atomic mass is 15.2. The van der Waals surface area contributed by atoms with Gasteiger partial charge in [-0.2, -0.15) is 0 Å². The zero-order valence-corrected chi connectivity index (χ0v) is 16.6. The number of aryl methyl sites for hydroxylation is 3. The minimum atomic E-state index is 0.547. The summed E-state index contributed by atoms with van der Waals surface area (Å²) in [5.74, 6) is 0.547. The largest absolute Gasteiger partial charge is 0.244 e. The van der Waals surface area contributed by atoms with Crippen molar-refractivity contribution in [3.63, 3.8) is 0 Å². The number of aromatic nitrogens is 4. The maximum Gasteiger partial charge on any atom is 0.201 e. The van der Waals surface area contributed by atoms with Crippen LogP contribution in [0.5, 0.6) is 0 Å². The van der Waals surface area contributed by atoms with E-state index in [1.807, 2.05) is 36.4 Å². The van der Waals surface area contributed by atoms with Crippen molar-refractivity contribution in [2.24, 2.45) is 0 Å². The molecule has 3 aromatic carbocycles. The molecule has 0 fully saturated rings. The third kappa shape index (κ3) is 3.03. The van der Waals surface area contributed by atoms with Crippen molar-refractivity contribution in [3.05, 3.63) is 83.4 Å². The van der Waals surface area contributed by atoms with Gasteiger partial charge < -0.3 is 0 Å². The van der Waals surface area contributed by atoms with Crippen LogP contribution < -0.4 is 0 Å². The van der Waals surface area contributed by atoms with Gasteiger partial charge in [-0.05, 0) is 72.9 Å². The molecule has 0 aliphatic rings. The lowest BCUT2D eigenvalue weighted by Crippen LogP contribution is -1.98. The Bertz CT molecular complexity index is 1370. The summed E-state index contributed by atoms with van der Waals surface area (Å²) >= 11 is 0. The van der Waals surface area contributed by atoms with E-state index >= 15 is 0 Å². The van der Waals surface area contributed by atoms with Crippen molar-refractivity contribution in [2.45, 2.75) is 20.8 Å². The molecule has 4 nitrogen and oxygen atoms in total. The predicted octanol–water partition coefficient (Wildman–Crippen LogP) is 5.83. The molecule has 5 aromatic rings. The first kappa shape index (κ1) is 17.4. The second kappa shape index (κ2) is 6.74. The fourth-order valence-electron chi connectivity index (χ4n) is 3.93. The summed E-state index contributed by atoms with van der Waals surface area (Å²) in [5.41, 5.74) is 9.30. The number of nitrogens with zero attached hydrogens (tertiary/aromatic N) is 4. The van der Waals surface area contributed by atoms with E-state index in [2.05, 4.69) is 61.3 Å². The maximum absolute atomic E-state index is 4.80. The van der Waals surface area contributed by atoms with Gasteiger partial charge in [-0.3, -0.25) is 0 Å². The van der Waals surface area contributed by atoms with E-state index in [9.17, 15) is 0 Å². The Morgan fingerprint density at radius 2 is 1.41 bits per heavy atom. The summed E-state index contributed by atoms with van der Waals surface area (Å²) in [5, 5.41) is 9.97. The second-order valence-electron chi connectivity index (χ2n) is 7.45. The van der Waals surface area contributed by atoms with E-state index in [0.29, 0.717) is 5.82 Å². The van der Waals surface area contributed by atoms with Gasteiger partial charge in [0.1, 0.15) is 11.2 Å². The fourth-order valence-corrected chi connectivity index (χ4v) is 3.93. The minimum absolute atomic E-state index is 0.547. The highest BCUT2D eigenvalue weighted by Gasteiger charge is 2.12. The first-order valence-electron chi connectivity index (χ1n) is 9.68. The van der Waals surface area contributed by atoms with Crippen molar-refractivity contribution in [1.29, 1.82) is 0 Å². The van der Waals surface area contributed by atoms with Crippen LogP contribution in [0, 0.1) is 20.8 Å². The van der Waals surface area contributed by atoms with E-state index in [0.717, 1.165) is 38.8 Å². The van der Waals surface area contributed by atoms with E-state index in [4.69, 9.17) is 9.97 Å². The molecule has 0 unspecified atom stereocenters. The number of benzene rings is 3. The minimum Gasteiger partial charge on any atom is -0.244 e. The van der Waals surface area contributed by atoms with Gasteiger partial charge in [0.2, 0.25) is 5.82 Å². The molecule has 0 N–H and O–H groups in total. The third-order valence-corrected chi connectivity index (χ3v) is 5.35. The zero-order valence-electron chi connectivity index (χ0n) is 16.6. The molecule has 29 heavy (non-hydrogen) atoms. The lowest BCUT2D eigenvalue weighted by atomic mass is 9.94. The summed E-state index contributed by atoms with van der Waals surface area (Å²) in [7, 11) is 0. The first-order chi connectivity index (χ1) is 14.1. The highest BCUT2D eigenvalue weighted by Crippen LogP contribution is 2.31. The van der Waals surface area contributed by atoms with E-state index in [1.165, 1.54) is 16.7 Å². The molecule has 0 saturated heterocycles. The second-order valence-corrected chi connectivity index (χ2v) is 7.45. The van der Waals surface area contributed by atoms with Gasteiger partial charge in [0.25, 0.3) is 0 Å². The van der Waals surface area contributed by atoms with Gasteiger partial charge in [-0.15, -0.1) is 10.2 Å². The van der Waals surface area contributed by atoms with Gasteiger partial charge in [0.05, 0.1) is 11.0 Å². The molecule has 5 rings (SSSR count). The average Bonchev–Trinajstić information content (AvgIpc) is 2.73. The first-order valence-corrected chi connectivity index (χ1v) is 9.68. The molecule has 0 bridgehead atoms. The summed E-state index contributed by atoms with van der Waals surface area (Å²) in [4.78, 5) is 9.50. The Labute approximate surface area is 169 Å². The van der Waals surface area contributed by atoms with Crippen LogP contribution in [-0.4, -0.2) is 20.2 Å². The Balaban J connectivity index is 1.65. The van der Waals surface area contributed by atoms with E-state index < -0.39 is 0 Å². The SMILES string of the molecule is Cc1cccc(C)c1-c1cc(C)c2nc(-c3ccc4ccccc4n3)nnc2c1. The van der Waals surface area contributed by atoms with Crippen molar-refractivity contribution in [2.75, 3.05) is 0 Å². The van der Waals surface area contributed by atoms with Gasteiger partial charge >= 0.3 is 0 Å². The van der Waals surface area contributed by atoms with Crippen molar-refractivity contribution >= 4 is 21.9 Å². The lowest BCUT2D eigenvalue weighted by molar-refractivity contribution is 1.02. The molecule has 0 aliphatic carbocycles. The third-order valence-electron chi connectivity index (χ3n) is 5.35. The summed E-state index contributed by atoms with van der Waals surface area (Å²) in [6.07, 6.45) is 0. The Morgan fingerprint density at radius 3 is 2.24 bits per heavy atom. The van der Waals surface area contributed by atoms with Gasteiger partial charge in [-0.25, -0.2) is 9.97 Å². The number of hydrogen-bond acceptors (Lipinski definition) is 4. The molecule has 0 radical (unpaired) electrons. The molecule has 0 saturated carbocycles. The lowest BCUT2D eigenvalue weighted by Gasteiger charge is -2.12. The molecular weight excluding hydrogens is 356 g/mol. The summed E-state index contributed by atoms with van der Waals surface area (Å²) < 4.78 is 0. The van der Waals surface area contributed by atoms with Crippen molar-refractivity contribution in [1.82, 2.24) is 20.2 Å². The molecule has 2 heterocycles. The molecule has 4 heteroatoms. The monoisotopic (exact) mass is 376 g/mol. The van der Waals surface area contributed by atoms with Gasteiger partial charge in [0.15, 0.2) is 0 Å². The zero-order chi connectivity index (χ0) is 20.0. The summed E-state index contributed by atoms with van der Waals surface area (Å²) in [6.45, 7) is 6.35. The molecule has 0 amide bonds. The Hall–Kier alpha value is -3.66. The van der Waals surface area contributed by atoms with Gasteiger partial charge in [-0.1, -0.05) is 42.5 Å². The van der Waals surface area contributed by atoms with Crippen LogP contribution in [0.15, 0.2) is 66.7 Å². The molecule has 0 spiro atoms. The maximum atomic E-state index is 4.80. The average molecular weight is 376 g/mol. The van der Waals surface area contributed by atoms with Crippen LogP contribution in [0.25, 0.3) is 44.6 Å². The van der Waals surface area contributed by atoms with E-state index in [1.54, 1.807) is 0 Å². The van der Waals surface area contributed by atoms with Gasteiger partial charge in [0, 0.05) is 5.39 Å². The number of hydrogen-bond donors (Lipinski definition) is 0. The standard InChI is InChI=1S/C25H20N4/c1-15-7-6-8-16(2)23(15)19-13-17(3)24-22(14-19)28-29-25(27-24)21-12-11-18-9-4-5-10-20(18)26-21/h4-14H,1-3H3. The number of para-hydroxylation sites is 1. The topological polar surface area (TPSA) is 51.6 Å². The van der Waals surface area contributed by atoms with Crippen LogP contribution in [0.2, 0.25) is 0 Å². The predicted molar refractivity (Wildman–Crippen MR) is 118 cm³/mol.